The van der Waals surface area contributed by atoms with Gasteiger partial charge in [0.1, 0.15) is 5.76 Å². The Bertz CT molecular complexity index is 430. The second-order valence-electron chi connectivity index (χ2n) is 4.78. The van der Waals surface area contributed by atoms with Gasteiger partial charge in [-0.3, -0.25) is 4.79 Å². The van der Waals surface area contributed by atoms with E-state index < -0.39 is 5.97 Å². The van der Waals surface area contributed by atoms with Crippen LogP contribution in [-0.2, 0) is 11.3 Å². The Kier molecular flexibility index (Phi) is 4.43. The van der Waals surface area contributed by atoms with E-state index in [2.05, 4.69) is 10.6 Å². The molecule has 0 aliphatic heterocycles. The molecule has 0 radical (unpaired) electrons. The van der Waals surface area contributed by atoms with Crippen LogP contribution in [0.2, 0.25) is 0 Å². The van der Waals surface area contributed by atoms with Crippen molar-refractivity contribution in [3.8, 4) is 0 Å². The number of furan rings is 1. The minimum atomic E-state index is -0.764. The van der Waals surface area contributed by atoms with E-state index in [0.717, 1.165) is 12.8 Å². The topological polar surface area (TPSA) is 91.6 Å². The minimum Gasteiger partial charge on any atom is -0.481 e. The molecule has 2 unspecified atom stereocenters. The van der Waals surface area contributed by atoms with Gasteiger partial charge in [0.05, 0.1) is 18.7 Å². The SMILES string of the molecule is O=C(NCc1ccco1)NCC1CCCC1C(=O)O. The first-order valence-electron chi connectivity index (χ1n) is 6.43. The summed E-state index contributed by atoms with van der Waals surface area (Å²) >= 11 is 0. The quantitative estimate of drug-likeness (QED) is 0.754. The first kappa shape index (κ1) is 13.5. The van der Waals surface area contributed by atoms with Crippen LogP contribution in [0.3, 0.4) is 0 Å². The molecule has 0 saturated heterocycles. The van der Waals surface area contributed by atoms with E-state index in [1.54, 1.807) is 18.4 Å². The van der Waals surface area contributed by atoms with Crippen LogP contribution in [-0.4, -0.2) is 23.7 Å². The van der Waals surface area contributed by atoms with E-state index in [4.69, 9.17) is 9.52 Å². The van der Waals surface area contributed by atoms with Crippen molar-refractivity contribution in [1.82, 2.24) is 10.6 Å². The third-order valence-electron chi connectivity index (χ3n) is 3.50. The van der Waals surface area contributed by atoms with E-state index in [1.165, 1.54) is 0 Å². The molecule has 19 heavy (non-hydrogen) atoms. The van der Waals surface area contributed by atoms with Gasteiger partial charge in [0.15, 0.2) is 0 Å². The van der Waals surface area contributed by atoms with Crippen molar-refractivity contribution in [2.45, 2.75) is 25.8 Å². The lowest BCUT2D eigenvalue weighted by Crippen LogP contribution is -2.39. The number of urea groups is 1. The normalized spacial score (nSPS) is 22.1. The summed E-state index contributed by atoms with van der Waals surface area (Å²) in [4.78, 5) is 22.6. The summed E-state index contributed by atoms with van der Waals surface area (Å²) in [5.41, 5.74) is 0. The maximum atomic E-state index is 11.6. The second kappa shape index (κ2) is 6.26. The van der Waals surface area contributed by atoms with Crippen LogP contribution in [0.4, 0.5) is 4.79 Å². The smallest absolute Gasteiger partial charge is 0.315 e. The summed E-state index contributed by atoms with van der Waals surface area (Å²) in [7, 11) is 0. The lowest BCUT2D eigenvalue weighted by molar-refractivity contribution is -0.142. The Morgan fingerprint density at radius 2 is 2.21 bits per heavy atom. The van der Waals surface area contributed by atoms with Crippen LogP contribution in [0.1, 0.15) is 25.0 Å². The monoisotopic (exact) mass is 266 g/mol. The van der Waals surface area contributed by atoms with Gasteiger partial charge in [-0.25, -0.2) is 4.79 Å². The number of hydrogen-bond donors (Lipinski definition) is 3. The molecule has 1 aliphatic carbocycles. The average Bonchev–Trinajstić information content (AvgIpc) is 3.04. The average molecular weight is 266 g/mol. The number of carbonyl (C=O) groups excluding carboxylic acids is 1. The maximum absolute atomic E-state index is 11.6. The van der Waals surface area contributed by atoms with Gasteiger partial charge in [-0.2, -0.15) is 0 Å². The lowest BCUT2D eigenvalue weighted by atomic mass is 9.96. The van der Waals surface area contributed by atoms with Crippen molar-refractivity contribution in [2.24, 2.45) is 11.8 Å². The third-order valence-corrected chi connectivity index (χ3v) is 3.50. The van der Waals surface area contributed by atoms with Crippen LogP contribution in [0.5, 0.6) is 0 Å². The Balaban J connectivity index is 1.70. The maximum Gasteiger partial charge on any atom is 0.315 e. The number of aliphatic carboxylic acids is 1. The molecule has 1 saturated carbocycles. The molecule has 1 fully saturated rings. The highest BCUT2D eigenvalue weighted by atomic mass is 16.4. The van der Waals surface area contributed by atoms with Crippen molar-refractivity contribution >= 4 is 12.0 Å². The lowest BCUT2D eigenvalue weighted by Gasteiger charge is -2.16. The van der Waals surface area contributed by atoms with E-state index >= 15 is 0 Å². The van der Waals surface area contributed by atoms with Crippen LogP contribution in [0.15, 0.2) is 22.8 Å². The Labute approximate surface area is 111 Å². The Hall–Kier alpha value is -1.98. The first-order chi connectivity index (χ1) is 9.16. The molecule has 1 aromatic heterocycles. The standard InChI is InChI=1S/C13H18N2O4/c16-12(17)11-5-1-3-9(11)7-14-13(18)15-8-10-4-2-6-19-10/h2,4,6,9,11H,1,3,5,7-8H2,(H,16,17)(H2,14,15,18). The molecule has 3 N–H and O–H groups in total. The van der Waals surface area contributed by atoms with Crippen molar-refractivity contribution in [3.05, 3.63) is 24.2 Å². The van der Waals surface area contributed by atoms with Gasteiger partial charge in [-0.1, -0.05) is 6.42 Å². The Morgan fingerprint density at radius 3 is 2.89 bits per heavy atom. The molecule has 2 atom stereocenters. The number of carboxylic acids is 1. The van der Waals surface area contributed by atoms with Crippen molar-refractivity contribution in [3.63, 3.8) is 0 Å². The fourth-order valence-electron chi connectivity index (χ4n) is 2.47. The number of hydrogen-bond acceptors (Lipinski definition) is 3. The van der Waals surface area contributed by atoms with Crippen molar-refractivity contribution in [2.75, 3.05) is 6.54 Å². The van der Waals surface area contributed by atoms with Gasteiger partial charge >= 0.3 is 12.0 Å². The van der Waals surface area contributed by atoms with Crippen molar-refractivity contribution < 1.29 is 19.1 Å². The summed E-state index contributed by atoms with van der Waals surface area (Å²) in [6.45, 7) is 0.729. The number of carboxylic acid groups (broad SMARTS) is 1. The van der Waals surface area contributed by atoms with Gasteiger partial charge in [0, 0.05) is 6.54 Å². The van der Waals surface area contributed by atoms with Gasteiger partial charge in [-0.05, 0) is 30.9 Å². The summed E-state index contributed by atoms with van der Waals surface area (Å²) in [6, 6.07) is 3.23. The zero-order valence-electron chi connectivity index (χ0n) is 10.6. The van der Waals surface area contributed by atoms with Crippen LogP contribution in [0.25, 0.3) is 0 Å². The Morgan fingerprint density at radius 1 is 1.37 bits per heavy atom. The summed E-state index contributed by atoms with van der Waals surface area (Å²) < 4.78 is 5.09. The molecule has 1 aromatic rings. The van der Waals surface area contributed by atoms with Gasteiger partial charge in [0.25, 0.3) is 0 Å². The molecule has 1 heterocycles. The van der Waals surface area contributed by atoms with Crippen LogP contribution in [0, 0.1) is 11.8 Å². The highest BCUT2D eigenvalue weighted by Gasteiger charge is 2.32. The second-order valence-corrected chi connectivity index (χ2v) is 4.78. The molecular formula is C13H18N2O4. The zero-order valence-corrected chi connectivity index (χ0v) is 10.6. The molecule has 0 bridgehead atoms. The van der Waals surface area contributed by atoms with E-state index in [1.807, 2.05) is 0 Å². The molecule has 0 aromatic carbocycles. The number of rotatable bonds is 5. The first-order valence-corrected chi connectivity index (χ1v) is 6.43. The molecule has 2 rings (SSSR count). The number of carbonyl (C=O) groups is 2. The molecular weight excluding hydrogens is 248 g/mol. The molecule has 6 nitrogen and oxygen atoms in total. The van der Waals surface area contributed by atoms with Gasteiger partial charge in [-0.15, -0.1) is 0 Å². The van der Waals surface area contributed by atoms with Crippen LogP contribution < -0.4 is 10.6 Å². The molecule has 104 valence electrons. The highest BCUT2D eigenvalue weighted by molar-refractivity contribution is 5.74. The molecule has 0 spiro atoms. The molecule has 2 amide bonds. The summed E-state index contributed by atoms with van der Waals surface area (Å²) in [5, 5.41) is 14.4. The fraction of sp³-hybridized carbons (Fsp3) is 0.538. The van der Waals surface area contributed by atoms with Gasteiger partial charge < -0.3 is 20.2 Å². The predicted molar refractivity (Wildman–Crippen MR) is 67.4 cm³/mol. The van der Waals surface area contributed by atoms with Gasteiger partial charge in [0.2, 0.25) is 0 Å². The van der Waals surface area contributed by atoms with Crippen LogP contribution >= 0.6 is 0 Å². The molecule has 1 aliphatic rings. The van der Waals surface area contributed by atoms with E-state index in [-0.39, 0.29) is 17.9 Å². The number of nitrogens with one attached hydrogen (secondary N) is 2. The highest BCUT2D eigenvalue weighted by Crippen LogP contribution is 2.31. The summed E-state index contributed by atoms with van der Waals surface area (Å²) in [6.07, 6.45) is 4.02. The number of amides is 2. The fourth-order valence-corrected chi connectivity index (χ4v) is 2.47. The minimum absolute atomic E-state index is 0.0341. The third kappa shape index (κ3) is 3.74. The summed E-state index contributed by atoms with van der Waals surface area (Å²) in [5.74, 6) is -0.378. The van der Waals surface area contributed by atoms with E-state index in [0.29, 0.717) is 25.3 Å². The van der Waals surface area contributed by atoms with E-state index in [9.17, 15) is 9.59 Å². The predicted octanol–water partition coefficient (Wildman–Crippen LogP) is 1.58. The molecule has 6 heteroatoms. The zero-order chi connectivity index (χ0) is 13.7. The largest absolute Gasteiger partial charge is 0.481 e. The van der Waals surface area contributed by atoms with Crippen molar-refractivity contribution in [1.29, 1.82) is 0 Å².